The van der Waals surface area contributed by atoms with Crippen molar-refractivity contribution in [1.29, 1.82) is 0 Å². The van der Waals surface area contributed by atoms with E-state index in [1.807, 2.05) is 6.07 Å². The molecule has 2 aromatic rings. The summed E-state index contributed by atoms with van der Waals surface area (Å²) < 4.78 is 0. The van der Waals surface area contributed by atoms with Gasteiger partial charge in [0, 0.05) is 5.69 Å². The third-order valence-electron chi connectivity index (χ3n) is 4.16. The van der Waals surface area contributed by atoms with Crippen molar-refractivity contribution in [2.75, 3.05) is 5.32 Å². The van der Waals surface area contributed by atoms with Crippen LogP contribution in [0.25, 0.3) is 0 Å². The van der Waals surface area contributed by atoms with Gasteiger partial charge < -0.3 is 10.4 Å². The van der Waals surface area contributed by atoms with Crippen molar-refractivity contribution in [2.45, 2.75) is 32.1 Å². The first-order chi connectivity index (χ1) is 11.1. The third kappa shape index (κ3) is 3.77. The number of para-hydroxylation sites is 1. The summed E-state index contributed by atoms with van der Waals surface area (Å²) in [5.74, 6) is -1.04. The molecule has 118 valence electrons. The lowest BCUT2D eigenvalue weighted by Gasteiger charge is -2.10. The van der Waals surface area contributed by atoms with Crippen LogP contribution >= 0.6 is 0 Å². The maximum absolute atomic E-state index is 12.3. The molecule has 1 amide bonds. The Morgan fingerprint density at radius 2 is 1.78 bits per heavy atom. The number of aliphatic carboxylic acids is 1. The number of anilines is 1. The first kappa shape index (κ1) is 15.3. The molecule has 2 aromatic carbocycles. The number of aryl methyl sites for hydroxylation is 2. The number of hydrogen-bond donors (Lipinski definition) is 2. The Morgan fingerprint density at radius 3 is 2.61 bits per heavy atom. The largest absolute Gasteiger partial charge is 0.481 e. The number of fused-ring (bicyclic) bond motifs is 1. The summed E-state index contributed by atoms with van der Waals surface area (Å²) in [4.78, 5) is 23.2. The fourth-order valence-corrected chi connectivity index (χ4v) is 3.07. The van der Waals surface area contributed by atoms with E-state index >= 15 is 0 Å². The van der Waals surface area contributed by atoms with Crippen LogP contribution in [0.2, 0.25) is 0 Å². The van der Waals surface area contributed by atoms with Crippen LogP contribution in [-0.4, -0.2) is 17.0 Å². The zero-order chi connectivity index (χ0) is 16.2. The summed E-state index contributed by atoms with van der Waals surface area (Å²) in [7, 11) is 0. The molecule has 0 spiro atoms. The average Bonchev–Trinajstić information content (AvgIpc) is 2.96. The molecular weight excluding hydrogens is 290 g/mol. The molecule has 1 aliphatic carbocycles. The number of hydrogen-bond acceptors (Lipinski definition) is 2. The second-order valence-electron chi connectivity index (χ2n) is 5.91. The number of carbonyl (C=O) groups excluding carboxylic acids is 1. The highest BCUT2D eigenvalue weighted by Crippen LogP contribution is 2.23. The van der Waals surface area contributed by atoms with Gasteiger partial charge >= 0.3 is 5.97 Å². The minimum absolute atomic E-state index is 0.102. The standard InChI is InChI=1S/C19H19NO3/c21-18(11-13-8-9-14-5-3-6-15(14)10-13)20-17-7-2-1-4-16(17)12-19(22)23/h1-2,4,7-10H,3,5-6,11-12H2,(H,20,21)(H,22,23). The molecule has 0 aromatic heterocycles. The minimum atomic E-state index is -0.912. The Hall–Kier alpha value is -2.62. The SMILES string of the molecule is O=C(O)Cc1ccccc1NC(=O)Cc1ccc2c(c1)CCC2. The Kier molecular flexibility index (Phi) is 4.42. The number of benzene rings is 2. The van der Waals surface area contributed by atoms with E-state index in [0.717, 1.165) is 18.4 Å². The number of nitrogens with one attached hydrogen (secondary N) is 1. The van der Waals surface area contributed by atoms with Crippen LogP contribution in [-0.2, 0) is 35.3 Å². The van der Waals surface area contributed by atoms with Crippen LogP contribution in [0.5, 0.6) is 0 Å². The van der Waals surface area contributed by atoms with Crippen LogP contribution in [0.1, 0.15) is 28.7 Å². The van der Waals surface area contributed by atoms with Gasteiger partial charge in [0.15, 0.2) is 0 Å². The molecule has 1 aliphatic rings. The van der Waals surface area contributed by atoms with E-state index in [9.17, 15) is 9.59 Å². The fourth-order valence-electron chi connectivity index (χ4n) is 3.07. The molecule has 4 heteroatoms. The normalized spacial score (nSPS) is 12.7. The van der Waals surface area contributed by atoms with E-state index in [2.05, 4.69) is 17.4 Å². The van der Waals surface area contributed by atoms with Gasteiger partial charge in [-0.15, -0.1) is 0 Å². The van der Waals surface area contributed by atoms with Gasteiger partial charge in [-0.25, -0.2) is 0 Å². The monoisotopic (exact) mass is 309 g/mol. The number of carbonyl (C=O) groups is 2. The quantitative estimate of drug-likeness (QED) is 0.892. The van der Waals surface area contributed by atoms with Gasteiger partial charge in [0.2, 0.25) is 5.91 Å². The van der Waals surface area contributed by atoms with E-state index in [1.165, 1.54) is 17.5 Å². The topological polar surface area (TPSA) is 66.4 Å². The summed E-state index contributed by atoms with van der Waals surface area (Å²) in [6.07, 6.45) is 3.61. The second-order valence-corrected chi connectivity index (χ2v) is 5.91. The van der Waals surface area contributed by atoms with E-state index in [-0.39, 0.29) is 12.3 Å². The summed E-state index contributed by atoms with van der Waals surface area (Å²) >= 11 is 0. The highest BCUT2D eigenvalue weighted by Gasteiger charge is 2.13. The highest BCUT2D eigenvalue weighted by atomic mass is 16.4. The van der Waals surface area contributed by atoms with Gasteiger partial charge in [-0.3, -0.25) is 9.59 Å². The van der Waals surface area contributed by atoms with Crippen molar-refractivity contribution < 1.29 is 14.7 Å². The molecule has 0 fully saturated rings. The Morgan fingerprint density at radius 1 is 1.00 bits per heavy atom. The van der Waals surface area contributed by atoms with Crippen LogP contribution in [0.15, 0.2) is 42.5 Å². The van der Waals surface area contributed by atoms with Crippen molar-refractivity contribution in [1.82, 2.24) is 0 Å². The Balaban J connectivity index is 1.69. The smallest absolute Gasteiger partial charge is 0.307 e. The predicted octanol–water partition coefficient (Wildman–Crippen LogP) is 2.98. The van der Waals surface area contributed by atoms with E-state index in [4.69, 9.17) is 5.11 Å². The van der Waals surface area contributed by atoms with Crippen molar-refractivity contribution in [3.05, 3.63) is 64.7 Å². The molecule has 0 atom stereocenters. The third-order valence-corrected chi connectivity index (χ3v) is 4.16. The van der Waals surface area contributed by atoms with Gasteiger partial charge in [0.05, 0.1) is 12.8 Å². The van der Waals surface area contributed by atoms with Gasteiger partial charge in [-0.2, -0.15) is 0 Å². The molecule has 2 N–H and O–H groups in total. The maximum atomic E-state index is 12.3. The van der Waals surface area contributed by atoms with Gasteiger partial charge in [0.1, 0.15) is 0 Å². The zero-order valence-corrected chi connectivity index (χ0v) is 12.8. The molecule has 0 bridgehead atoms. The van der Waals surface area contributed by atoms with E-state index < -0.39 is 5.97 Å². The molecule has 0 radical (unpaired) electrons. The summed E-state index contributed by atoms with van der Waals surface area (Å²) in [6, 6.07) is 13.3. The molecule has 3 rings (SSSR count). The van der Waals surface area contributed by atoms with Crippen molar-refractivity contribution in [2.24, 2.45) is 0 Å². The predicted molar refractivity (Wildman–Crippen MR) is 88.6 cm³/mol. The molecule has 0 aliphatic heterocycles. The summed E-state index contributed by atoms with van der Waals surface area (Å²) in [5.41, 5.74) is 4.92. The second kappa shape index (κ2) is 6.65. The molecule has 0 heterocycles. The lowest BCUT2D eigenvalue weighted by molar-refractivity contribution is -0.136. The van der Waals surface area contributed by atoms with Gasteiger partial charge in [0.25, 0.3) is 0 Å². The lowest BCUT2D eigenvalue weighted by Crippen LogP contribution is -2.16. The Bertz CT molecular complexity index is 752. The maximum Gasteiger partial charge on any atom is 0.307 e. The van der Waals surface area contributed by atoms with Crippen LogP contribution in [0.3, 0.4) is 0 Å². The van der Waals surface area contributed by atoms with Crippen LogP contribution < -0.4 is 5.32 Å². The minimum Gasteiger partial charge on any atom is -0.481 e. The lowest BCUT2D eigenvalue weighted by atomic mass is 10.0. The van der Waals surface area contributed by atoms with Crippen LogP contribution in [0.4, 0.5) is 5.69 Å². The molecule has 23 heavy (non-hydrogen) atoms. The number of rotatable bonds is 5. The van der Waals surface area contributed by atoms with Crippen molar-refractivity contribution >= 4 is 17.6 Å². The van der Waals surface area contributed by atoms with Gasteiger partial charge in [-0.05, 0) is 47.6 Å². The molecule has 4 nitrogen and oxygen atoms in total. The van der Waals surface area contributed by atoms with Crippen molar-refractivity contribution in [3.63, 3.8) is 0 Å². The van der Waals surface area contributed by atoms with E-state index in [0.29, 0.717) is 17.7 Å². The number of carboxylic acids is 1. The molecule has 0 unspecified atom stereocenters. The molecule has 0 saturated carbocycles. The van der Waals surface area contributed by atoms with Crippen LogP contribution in [0, 0.1) is 0 Å². The van der Waals surface area contributed by atoms with E-state index in [1.54, 1.807) is 24.3 Å². The fraction of sp³-hybridized carbons (Fsp3) is 0.263. The Labute approximate surface area is 135 Å². The summed E-state index contributed by atoms with van der Waals surface area (Å²) in [6.45, 7) is 0. The molecular formula is C19H19NO3. The highest BCUT2D eigenvalue weighted by molar-refractivity contribution is 5.93. The summed E-state index contributed by atoms with van der Waals surface area (Å²) in [5, 5.41) is 11.8. The average molecular weight is 309 g/mol. The zero-order valence-electron chi connectivity index (χ0n) is 12.8. The van der Waals surface area contributed by atoms with Gasteiger partial charge in [-0.1, -0.05) is 36.4 Å². The molecule has 0 saturated heterocycles. The van der Waals surface area contributed by atoms with Crippen molar-refractivity contribution in [3.8, 4) is 0 Å². The first-order valence-electron chi connectivity index (χ1n) is 7.82. The number of carboxylic acid groups (broad SMARTS) is 1. The first-order valence-corrected chi connectivity index (χ1v) is 7.82. The number of amides is 1.